The van der Waals surface area contributed by atoms with E-state index in [1.54, 1.807) is 0 Å². The summed E-state index contributed by atoms with van der Waals surface area (Å²) in [6, 6.07) is 3.58. The fraction of sp³-hybridized carbons (Fsp3) is 0.571. The molecule has 1 aromatic rings. The van der Waals surface area contributed by atoms with Gasteiger partial charge in [0.15, 0.2) is 0 Å². The van der Waals surface area contributed by atoms with Gasteiger partial charge in [-0.3, -0.25) is 0 Å². The average molecular weight is 332 g/mol. The Morgan fingerprint density at radius 3 is 2.14 bits per heavy atom. The highest BCUT2D eigenvalue weighted by Crippen LogP contribution is 2.37. The largest absolute Gasteiger partial charge is 0.495 e. The lowest BCUT2D eigenvalue weighted by molar-refractivity contribution is -0.137. The molecular weight excluding hydrogens is 312 g/mol. The minimum atomic E-state index is -4.38. The monoisotopic (exact) mass is 332 g/mol. The van der Waals surface area contributed by atoms with Crippen molar-refractivity contribution in [2.24, 2.45) is 0 Å². The minimum absolute atomic E-state index is 0.121. The van der Waals surface area contributed by atoms with Gasteiger partial charge in [0.2, 0.25) is 0 Å². The van der Waals surface area contributed by atoms with Crippen LogP contribution in [0.4, 0.5) is 13.2 Å². The zero-order chi connectivity index (χ0) is 16.8. The average Bonchev–Trinajstić information content (AvgIpc) is 2.57. The van der Waals surface area contributed by atoms with Gasteiger partial charge in [-0.2, -0.15) is 13.2 Å². The molecule has 1 aromatic carbocycles. The molecule has 2 rings (SSSR count). The van der Waals surface area contributed by atoms with Gasteiger partial charge in [0.1, 0.15) is 10.5 Å². The van der Waals surface area contributed by atoms with Gasteiger partial charge in [-0.05, 0) is 44.8 Å². The number of alkyl halides is 3. The molecule has 0 radical (unpaired) electrons. The molecule has 0 spiro atoms. The van der Waals surface area contributed by atoms with E-state index in [2.05, 4.69) is 0 Å². The van der Waals surface area contributed by atoms with Crippen LogP contribution in [0.1, 0.15) is 38.8 Å². The van der Waals surface area contributed by atoms with Crippen LogP contribution in [0.5, 0.6) is 0 Å². The van der Waals surface area contributed by atoms with Gasteiger partial charge in [-0.25, -0.2) is 0 Å². The normalized spacial score (nSPS) is 20.6. The van der Waals surface area contributed by atoms with Gasteiger partial charge in [0, 0.05) is 0 Å². The highest BCUT2D eigenvalue weighted by atomic mass is 28.2. The van der Waals surface area contributed by atoms with E-state index in [9.17, 15) is 13.2 Å². The first kappa shape index (κ1) is 17.5. The fourth-order valence-electron chi connectivity index (χ4n) is 2.26. The van der Waals surface area contributed by atoms with Crippen molar-refractivity contribution in [3.63, 3.8) is 0 Å². The highest BCUT2D eigenvalue weighted by Gasteiger charge is 2.52. The van der Waals surface area contributed by atoms with Crippen LogP contribution < -0.4 is 5.46 Å². The predicted molar refractivity (Wildman–Crippen MR) is 81.9 cm³/mol. The first-order valence-electron chi connectivity index (χ1n) is 7.02. The summed E-state index contributed by atoms with van der Waals surface area (Å²) in [4.78, 5) is 0. The van der Waals surface area contributed by atoms with Crippen molar-refractivity contribution < 1.29 is 26.9 Å². The van der Waals surface area contributed by atoms with E-state index < -0.39 is 30.1 Å². The van der Waals surface area contributed by atoms with E-state index in [4.69, 9.17) is 13.7 Å². The summed E-state index contributed by atoms with van der Waals surface area (Å²) in [7, 11) is -0.254. The summed E-state index contributed by atoms with van der Waals surface area (Å²) < 4.78 is 55.6. The smallest absolute Gasteiger partial charge is 0.424 e. The number of benzene rings is 1. The number of hydrogen-bond donors (Lipinski definition) is 0. The Labute approximate surface area is 131 Å². The Kier molecular flexibility index (Phi) is 4.51. The Morgan fingerprint density at radius 1 is 1.14 bits per heavy atom. The maximum absolute atomic E-state index is 12.9. The molecule has 3 nitrogen and oxygen atoms in total. The quantitative estimate of drug-likeness (QED) is 0.790. The minimum Gasteiger partial charge on any atom is -0.424 e. The molecule has 1 heterocycles. The molecule has 0 unspecified atom stereocenters. The Hall–Kier alpha value is -0.828. The lowest BCUT2D eigenvalue weighted by Crippen LogP contribution is -2.41. The first-order chi connectivity index (χ1) is 9.98. The van der Waals surface area contributed by atoms with Crippen LogP contribution in [0.2, 0.25) is 0 Å². The molecule has 8 heteroatoms. The standard InChI is InChI=1S/C14H20BF3O3Si/c1-12(2)13(3,4)21-15(20-12)11-6-5-10(14(16,17)18)7-9(11)8-19-22/h5-7H,8H2,1-4,22H3. The lowest BCUT2D eigenvalue weighted by atomic mass is 9.75. The molecule has 1 aliphatic rings. The highest BCUT2D eigenvalue weighted by molar-refractivity contribution is 6.62. The second-order valence-corrected chi connectivity index (χ2v) is 7.01. The molecular formula is C14H20BF3O3Si. The van der Waals surface area contributed by atoms with E-state index in [-0.39, 0.29) is 6.61 Å². The van der Waals surface area contributed by atoms with Crippen molar-refractivity contribution in [3.8, 4) is 0 Å². The molecule has 0 saturated carbocycles. The third-order valence-corrected chi connectivity index (χ3v) is 4.57. The third-order valence-electron chi connectivity index (χ3n) is 4.28. The van der Waals surface area contributed by atoms with Crippen molar-refractivity contribution in [2.75, 3.05) is 0 Å². The Bertz CT molecular complexity index is 545. The summed E-state index contributed by atoms with van der Waals surface area (Å²) in [5.74, 6) is 0. The molecule has 1 aliphatic heterocycles. The molecule has 0 aliphatic carbocycles. The summed E-state index contributed by atoms with van der Waals surface area (Å²) in [6.45, 7) is 7.73. The molecule has 0 amide bonds. The van der Waals surface area contributed by atoms with Crippen molar-refractivity contribution >= 4 is 23.1 Å². The maximum Gasteiger partial charge on any atom is 0.495 e. The molecule has 1 fully saturated rings. The molecule has 122 valence electrons. The topological polar surface area (TPSA) is 27.7 Å². The molecule has 22 heavy (non-hydrogen) atoms. The van der Waals surface area contributed by atoms with E-state index in [0.29, 0.717) is 21.5 Å². The van der Waals surface area contributed by atoms with Crippen LogP contribution in [-0.2, 0) is 26.5 Å². The number of halogens is 3. The molecule has 0 bridgehead atoms. The number of rotatable bonds is 3. The molecule has 0 atom stereocenters. The maximum atomic E-state index is 12.9. The first-order valence-corrected chi connectivity index (χ1v) is 7.84. The van der Waals surface area contributed by atoms with Gasteiger partial charge < -0.3 is 13.7 Å². The van der Waals surface area contributed by atoms with Crippen LogP contribution in [-0.4, -0.2) is 28.8 Å². The SMILES string of the molecule is CC1(C)OB(c2ccc(C(F)(F)F)cc2CO[SiH3])OC1(C)C. The zero-order valence-electron chi connectivity index (χ0n) is 13.4. The number of hydrogen-bond acceptors (Lipinski definition) is 3. The van der Waals surface area contributed by atoms with Crippen molar-refractivity contribution in [2.45, 2.75) is 51.7 Å². The van der Waals surface area contributed by atoms with E-state index >= 15 is 0 Å². The van der Waals surface area contributed by atoms with Crippen LogP contribution in [0.3, 0.4) is 0 Å². The summed E-state index contributed by atoms with van der Waals surface area (Å²) in [5, 5.41) is 0. The molecule has 1 saturated heterocycles. The molecule has 0 aromatic heterocycles. The van der Waals surface area contributed by atoms with E-state index in [1.807, 2.05) is 27.7 Å². The van der Waals surface area contributed by atoms with Crippen LogP contribution >= 0.6 is 0 Å². The van der Waals surface area contributed by atoms with Crippen LogP contribution in [0, 0.1) is 0 Å². The summed E-state index contributed by atoms with van der Waals surface area (Å²) in [6.07, 6.45) is -4.38. The van der Waals surface area contributed by atoms with Gasteiger partial charge in [-0.1, -0.05) is 12.1 Å². The summed E-state index contributed by atoms with van der Waals surface area (Å²) >= 11 is 0. The second-order valence-electron chi connectivity index (χ2n) is 6.43. The Morgan fingerprint density at radius 2 is 1.68 bits per heavy atom. The van der Waals surface area contributed by atoms with Gasteiger partial charge in [-0.15, -0.1) is 0 Å². The van der Waals surface area contributed by atoms with Crippen molar-refractivity contribution in [1.82, 2.24) is 0 Å². The van der Waals surface area contributed by atoms with E-state index in [0.717, 1.165) is 12.1 Å². The van der Waals surface area contributed by atoms with Gasteiger partial charge >= 0.3 is 13.3 Å². The predicted octanol–water partition coefficient (Wildman–Crippen LogP) is 1.80. The van der Waals surface area contributed by atoms with Crippen molar-refractivity contribution in [3.05, 3.63) is 29.3 Å². The Balaban J connectivity index is 2.40. The summed E-state index contributed by atoms with van der Waals surface area (Å²) in [5.41, 5.74) is -0.744. The van der Waals surface area contributed by atoms with Crippen molar-refractivity contribution in [1.29, 1.82) is 0 Å². The van der Waals surface area contributed by atoms with Gasteiger partial charge in [0.25, 0.3) is 0 Å². The van der Waals surface area contributed by atoms with Gasteiger partial charge in [0.05, 0.1) is 23.4 Å². The fourth-order valence-corrected chi connectivity index (χ4v) is 2.57. The lowest BCUT2D eigenvalue weighted by Gasteiger charge is -2.32. The second kappa shape index (κ2) is 5.67. The zero-order valence-corrected chi connectivity index (χ0v) is 15.4. The molecule has 0 N–H and O–H groups in total. The van der Waals surface area contributed by atoms with Crippen LogP contribution in [0.25, 0.3) is 0 Å². The van der Waals surface area contributed by atoms with E-state index in [1.165, 1.54) is 6.07 Å². The van der Waals surface area contributed by atoms with Crippen LogP contribution in [0.15, 0.2) is 18.2 Å². The third kappa shape index (κ3) is 3.24.